The molecule has 0 saturated heterocycles. The van der Waals surface area contributed by atoms with Gasteiger partial charge < -0.3 is 20.5 Å². The van der Waals surface area contributed by atoms with Crippen LogP contribution in [0.25, 0.3) is 0 Å². The second kappa shape index (κ2) is 7.92. The molecule has 0 aromatic rings. The van der Waals surface area contributed by atoms with Gasteiger partial charge in [0.1, 0.15) is 6.04 Å². The van der Waals surface area contributed by atoms with Gasteiger partial charge in [0.2, 0.25) is 0 Å². The Bertz CT molecular complexity index is 231. The summed E-state index contributed by atoms with van der Waals surface area (Å²) in [5.74, 6) is -1.03. The molecule has 0 rings (SSSR count). The number of rotatable bonds is 7. The molecule has 0 aliphatic rings. The summed E-state index contributed by atoms with van der Waals surface area (Å²) in [6, 6.07) is -1.33. The molecule has 3 N–H and O–H groups in total. The van der Waals surface area contributed by atoms with Crippen molar-refractivity contribution in [1.29, 1.82) is 0 Å². The summed E-state index contributed by atoms with van der Waals surface area (Å²) in [6.07, 6.45) is 0.470. The van der Waals surface area contributed by atoms with Crippen LogP contribution in [0.3, 0.4) is 0 Å². The topological polar surface area (TPSA) is 87.7 Å². The first-order valence-electron chi connectivity index (χ1n) is 5.36. The zero-order valence-electron chi connectivity index (χ0n) is 9.95. The van der Waals surface area contributed by atoms with Crippen molar-refractivity contribution in [3.8, 4) is 0 Å². The Morgan fingerprint density at radius 2 is 2.00 bits per heavy atom. The van der Waals surface area contributed by atoms with Crippen molar-refractivity contribution in [2.45, 2.75) is 39.3 Å². The molecule has 0 aliphatic heterocycles. The van der Waals surface area contributed by atoms with Gasteiger partial charge in [0.25, 0.3) is 0 Å². The Morgan fingerprint density at radius 1 is 1.38 bits per heavy atom. The van der Waals surface area contributed by atoms with E-state index in [9.17, 15) is 9.59 Å². The Labute approximate surface area is 95.4 Å². The molecule has 2 amide bonds. The lowest BCUT2D eigenvalue weighted by molar-refractivity contribution is -0.139. The Kier molecular flexibility index (Phi) is 7.28. The molecular weight excluding hydrogens is 212 g/mol. The minimum absolute atomic E-state index is 0.118. The quantitative estimate of drug-likeness (QED) is 0.560. The molecule has 0 fully saturated rings. The SMILES string of the molecule is CC[C@@H](NC(=O)NCCOC(C)C)C(=O)O. The van der Waals surface area contributed by atoms with E-state index in [-0.39, 0.29) is 6.10 Å². The maximum absolute atomic E-state index is 11.2. The van der Waals surface area contributed by atoms with E-state index in [1.807, 2.05) is 13.8 Å². The summed E-state index contributed by atoms with van der Waals surface area (Å²) in [5, 5.41) is 13.6. The van der Waals surface area contributed by atoms with E-state index in [2.05, 4.69) is 10.6 Å². The minimum atomic E-state index is -1.03. The predicted octanol–water partition coefficient (Wildman–Crippen LogP) is 0.574. The highest BCUT2D eigenvalue weighted by molar-refractivity contribution is 5.82. The first-order chi connectivity index (χ1) is 7.47. The number of aliphatic carboxylic acids is 1. The highest BCUT2D eigenvalue weighted by Crippen LogP contribution is 1.90. The van der Waals surface area contributed by atoms with E-state index in [1.165, 1.54) is 0 Å². The molecule has 94 valence electrons. The lowest BCUT2D eigenvalue weighted by atomic mass is 10.2. The maximum atomic E-state index is 11.2. The van der Waals surface area contributed by atoms with Gasteiger partial charge in [-0.15, -0.1) is 0 Å². The molecule has 0 spiro atoms. The van der Waals surface area contributed by atoms with Gasteiger partial charge in [-0.3, -0.25) is 0 Å². The molecule has 0 unspecified atom stereocenters. The Balaban J connectivity index is 3.69. The zero-order chi connectivity index (χ0) is 12.6. The summed E-state index contributed by atoms with van der Waals surface area (Å²) in [5.41, 5.74) is 0. The van der Waals surface area contributed by atoms with Crippen LogP contribution in [-0.2, 0) is 9.53 Å². The van der Waals surface area contributed by atoms with Crippen LogP contribution in [0, 0.1) is 0 Å². The molecule has 6 nitrogen and oxygen atoms in total. The first-order valence-corrected chi connectivity index (χ1v) is 5.36. The third-order valence-electron chi connectivity index (χ3n) is 1.85. The van der Waals surface area contributed by atoms with Gasteiger partial charge in [-0.05, 0) is 20.3 Å². The monoisotopic (exact) mass is 232 g/mol. The number of ether oxygens (including phenoxy) is 1. The fraction of sp³-hybridized carbons (Fsp3) is 0.800. The average Bonchev–Trinajstić information content (AvgIpc) is 2.20. The fourth-order valence-corrected chi connectivity index (χ4v) is 1.01. The lowest BCUT2D eigenvalue weighted by Crippen LogP contribution is -2.46. The van der Waals surface area contributed by atoms with E-state index in [0.717, 1.165) is 0 Å². The van der Waals surface area contributed by atoms with Gasteiger partial charge >= 0.3 is 12.0 Å². The number of hydrogen-bond acceptors (Lipinski definition) is 3. The van der Waals surface area contributed by atoms with E-state index in [1.54, 1.807) is 6.92 Å². The van der Waals surface area contributed by atoms with E-state index in [0.29, 0.717) is 19.6 Å². The smallest absolute Gasteiger partial charge is 0.326 e. The summed E-state index contributed by atoms with van der Waals surface area (Å²) < 4.78 is 5.21. The largest absolute Gasteiger partial charge is 0.480 e. The van der Waals surface area contributed by atoms with Crippen LogP contribution >= 0.6 is 0 Å². The molecule has 0 aromatic carbocycles. The van der Waals surface area contributed by atoms with Gasteiger partial charge in [-0.1, -0.05) is 6.92 Å². The molecule has 0 saturated carbocycles. The van der Waals surface area contributed by atoms with Crippen molar-refractivity contribution in [1.82, 2.24) is 10.6 Å². The van der Waals surface area contributed by atoms with E-state index in [4.69, 9.17) is 9.84 Å². The normalized spacial score (nSPS) is 12.2. The summed E-state index contributed by atoms with van der Waals surface area (Å²) in [4.78, 5) is 21.8. The fourth-order valence-electron chi connectivity index (χ4n) is 1.01. The molecule has 0 bridgehead atoms. The summed E-state index contributed by atoms with van der Waals surface area (Å²) >= 11 is 0. The molecule has 6 heteroatoms. The maximum Gasteiger partial charge on any atom is 0.326 e. The third-order valence-corrected chi connectivity index (χ3v) is 1.85. The van der Waals surface area contributed by atoms with Gasteiger partial charge in [0, 0.05) is 6.54 Å². The number of carbonyl (C=O) groups is 2. The number of nitrogens with one attached hydrogen (secondary N) is 2. The number of urea groups is 1. The summed E-state index contributed by atoms with van der Waals surface area (Å²) in [6.45, 7) is 6.27. The Hall–Kier alpha value is -1.30. The molecule has 1 atom stereocenters. The van der Waals surface area contributed by atoms with Crippen LogP contribution in [0.4, 0.5) is 4.79 Å². The molecule has 0 aliphatic carbocycles. The van der Waals surface area contributed by atoms with Crippen molar-refractivity contribution in [2.24, 2.45) is 0 Å². The van der Waals surface area contributed by atoms with Gasteiger partial charge in [-0.25, -0.2) is 9.59 Å². The van der Waals surface area contributed by atoms with Crippen LogP contribution in [0.5, 0.6) is 0 Å². The van der Waals surface area contributed by atoms with Crippen LogP contribution in [0.15, 0.2) is 0 Å². The number of carboxylic acids is 1. The van der Waals surface area contributed by atoms with Crippen molar-refractivity contribution < 1.29 is 19.4 Å². The van der Waals surface area contributed by atoms with Crippen LogP contribution < -0.4 is 10.6 Å². The minimum Gasteiger partial charge on any atom is -0.480 e. The number of carbonyl (C=O) groups excluding carboxylic acids is 1. The second-order valence-corrected chi connectivity index (χ2v) is 3.62. The lowest BCUT2D eigenvalue weighted by Gasteiger charge is -2.13. The van der Waals surface area contributed by atoms with Crippen molar-refractivity contribution >= 4 is 12.0 Å². The molecule has 16 heavy (non-hydrogen) atoms. The van der Waals surface area contributed by atoms with Gasteiger partial charge in [-0.2, -0.15) is 0 Å². The molecule has 0 radical (unpaired) electrons. The van der Waals surface area contributed by atoms with Gasteiger partial charge in [0.05, 0.1) is 12.7 Å². The predicted molar refractivity (Wildman–Crippen MR) is 59.3 cm³/mol. The average molecular weight is 232 g/mol. The van der Waals surface area contributed by atoms with Crippen LogP contribution in [0.1, 0.15) is 27.2 Å². The standard InChI is InChI=1S/C10H20N2O4/c1-4-8(9(13)14)12-10(15)11-5-6-16-7(2)3/h7-8H,4-6H2,1-3H3,(H,13,14)(H2,11,12,15)/t8-/m1/s1. The Morgan fingerprint density at radius 3 is 2.44 bits per heavy atom. The summed E-state index contributed by atoms with van der Waals surface area (Å²) in [7, 11) is 0. The van der Waals surface area contributed by atoms with Crippen LogP contribution in [-0.4, -0.2) is 42.4 Å². The highest BCUT2D eigenvalue weighted by Gasteiger charge is 2.16. The van der Waals surface area contributed by atoms with Crippen LogP contribution in [0.2, 0.25) is 0 Å². The number of amides is 2. The molecular formula is C10H20N2O4. The highest BCUT2D eigenvalue weighted by atomic mass is 16.5. The number of hydrogen-bond donors (Lipinski definition) is 3. The van der Waals surface area contributed by atoms with E-state index >= 15 is 0 Å². The van der Waals surface area contributed by atoms with Gasteiger partial charge in [0.15, 0.2) is 0 Å². The third kappa shape index (κ3) is 7.05. The van der Waals surface area contributed by atoms with Crippen molar-refractivity contribution in [3.05, 3.63) is 0 Å². The van der Waals surface area contributed by atoms with Crippen molar-refractivity contribution in [3.63, 3.8) is 0 Å². The number of carboxylic acid groups (broad SMARTS) is 1. The second-order valence-electron chi connectivity index (χ2n) is 3.62. The van der Waals surface area contributed by atoms with E-state index < -0.39 is 18.0 Å². The molecule has 0 aromatic heterocycles. The zero-order valence-corrected chi connectivity index (χ0v) is 9.95. The first kappa shape index (κ1) is 14.7. The van der Waals surface area contributed by atoms with Crippen molar-refractivity contribution in [2.75, 3.05) is 13.2 Å². The molecule has 0 heterocycles.